The quantitative estimate of drug-likeness (QED) is 0.753. The fourth-order valence-electron chi connectivity index (χ4n) is 2.22. The lowest BCUT2D eigenvalue weighted by atomic mass is 10.1. The van der Waals surface area contributed by atoms with Crippen LogP contribution in [0.2, 0.25) is 0 Å². The Balaban J connectivity index is 1.68. The van der Waals surface area contributed by atoms with Crippen molar-refractivity contribution >= 4 is 10.9 Å². The lowest BCUT2D eigenvalue weighted by Crippen LogP contribution is -2.13. The number of fused-ring (bicyclic) bond motifs is 1. The van der Waals surface area contributed by atoms with Crippen molar-refractivity contribution in [1.29, 1.82) is 0 Å². The average molecular weight is 255 g/mol. The molecule has 0 bridgehead atoms. The number of aryl methyl sites for hydroxylation is 2. The molecule has 0 aliphatic heterocycles. The summed E-state index contributed by atoms with van der Waals surface area (Å²) in [6, 6.07) is 8.38. The first-order valence-electron chi connectivity index (χ1n) is 6.42. The molecule has 0 atom stereocenters. The molecule has 0 amide bonds. The Morgan fingerprint density at radius 2 is 2.11 bits per heavy atom. The molecule has 2 aromatic heterocycles. The first-order valence-corrected chi connectivity index (χ1v) is 6.42. The summed E-state index contributed by atoms with van der Waals surface area (Å²) in [5, 5.41) is 4.63. The molecule has 19 heavy (non-hydrogen) atoms. The number of nitrogens with one attached hydrogen (secondary N) is 2. The Hall–Kier alpha value is -2.07. The fourth-order valence-corrected chi connectivity index (χ4v) is 2.22. The monoisotopic (exact) mass is 255 g/mol. The predicted molar refractivity (Wildman–Crippen MR) is 74.8 cm³/mol. The van der Waals surface area contributed by atoms with E-state index in [-0.39, 0.29) is 0 Å². The smallest absolute Gasteiger partial charge is 0.208 e. The van der Waals surface area contributed by atoms with Crippen molar-refractivity contribution in [2.24, 2.45) is 0 Å². The minimum absolute atomic E-state index is 0.648. The molecule has 4 heteroatoms. The second kappa shape index (κ2) is 4.90. The predicted octanol–water partition coefficient (Wildman–Crippen LogP) is 3.06. The van der Waals surface area contributed by atoms with Crippen molar-refractivity contribution < 1.29 is 4.42 Å². The summed E-state index contributed by atoms with van der Waals surface area (Å²) < 4.78 is 5.54. The molecule has 0 radical (unpaired) electrons. The van der Waals surface area contributed by atoms with Crippen molar-refractivity contribution in [2.75, 3.05) is 0 Å². The summed E-state index contributed by atoms with van der Waals surface area (Å²) in [6.07, 6.45) is 1.97. The number of aromatic nitrogens is 2. The number of hydrogen-bond donors (Lipinski definition) is 2. The molecule has 0 unspecified atom stereocenters. The van der Waals surface area contributed by atoms with Gasteiger partial charge in [-0.05, 0) is 31.5 Å². The Morgan fingerprint density at radius 1 is 1.21 bits per heavy atom. The summed E-state index contributed by atoms with van der Waals surface area (Å²) in [6.45, 7) is 5.35. The average Bonchev–Trinajstić information content (AvgIpc) is 2.98. The van der Waals surface area contributed by atoms with Crippen LogP contribution in [0.25, 0.3) is 10.9 Å². The van der Waals surface area contributed by atoms with E-state index in [2.05, 4.69) is 39.6 Å². The van der Waals surface area contributed by atoms with Gasteiger partial charge in [0, 0.05) is 23.6 Å². The largest absolute Gasteiger partial charge is 0.444 e. The number of hydrogen-bond acceptors (Lipinski definition) is 3. The third-order valence-corrected chi connectivity index (χ3v) is 3.35. The van der Waals surface area contributed by atoms with Gasteiger partial charge in [0.1, 0.15) is 5.76 Å². The maximum absolute atomic E-state index is 5.54. The van der Waals surface area contributed by atoms with E-state index in [9.17, 15) is 0 Å². The van der Waals surface area contributed by atoms with Crippen LogP contribution in [0.15, 0.2) is 34.9 Å². The number of benzene rings is 1. The Kier molecular flexibility index (Phi) is 3.09. The maximum atomic E-state index is 5.54. The van der Waals surface area contributed by atoms with Crippen LogP contribution in [0.5, 0.6) is 0 Å². The molecule has 0 aliphatic carbocycles. The minimum atomic E-state index is 0.648. The zero-order chi connectivity index (χ0) is 13.2. The first kappa shape index (κ1) is 12.0. The van der Waals surface area contributed by atoms with E-state index in [1.807, 2.05) is 20.0 Å². The normalized spacial score (nSPS) is 11.3. The number of nitrogens with zero attached hydrogens (tertiary/aromatic N) is 1. The van der Waals surface area contributed by atoms with Gasteiger partial charge in [0.15, 0.2) is 0 Å². The van der Waals surface area contributed by atoms with Gasteiger partial charge in [-0.1, -0.05) is 12.1 Å². The summed E-state index contributed by atoms with van der Waals surface area (Å²) in [5.74, 6) is 1.64. The summed E-state index contributed by atoms with van der Waals surface area (Å²) in [5.41, 5.74) is 3.41. The van der Waals surface area contributed by atoms with Crippen molar-refractivity contribution in [3.8, 4) is 0 Å². The van der Waals surface area contributed by atoms with Gasteiger partial charge in [-0.2, -0.15) is 0 Å². The van der Waals surface area contributed by atoms with E-state index in [4.69, 9.17) is 4.42 Å². The van der Waals surface area contributed by atoms with Crippen LogP contribution in [0.1, 0.15) is 22.9 Å². The molecule has 0 spiro atoms. The van der Waals surface area contributed by atoms with Gasteiger partial charge in [-0.3, -0.25) is 0 Å². The Labute approximate surface area is 111 Å². The van der Waals surface area contributed by atoms with Crippen LogP contribution >= 0.6 is 0 Å². The molecule has 2 heterocycles. The van der Waals surface area contributed by atoms with E-state index in [1.54, 1.807) is 0 Å². The van der Waals surface area contributed by atoms with E-state index < -0.39 is 0 Å². The zero-order valence-corrected chi connectivity index (χ0v) is 11.2. The molecule has 0 fully saturated rings. The molecule has 98 valence electrons. The molecule has 3 rings (SSSR count). The minimum Gasteiger partial charge on any atom is -0.444 e. The zero-order valence-electron chi connectivity index (χ0n) is 11.2. The van der Waals surface area contributed by atoms with Crippen molar-refractivity contribution in [1.82, 2.24) is 15.3 Å². The van der Waals surface area contributed by atoms with Crippen LogP contribution in [-0.4, -0.2) is 9.97 Å². The van der Waals surface area contributed by atoms with Gasteiger partial charge in [0.05, 0.1) is 12.2 Å². The lowest BCUT2D eigenvalue weighted by molar-refractivity contribution is 0.449. The molecule has 1 aromatic carbocycles. The van der Waals surface area contributed by atoms with Crippen LogP contribution in [-0.2, 0) is 13.1 Å². The topological polar surface area (TPSA) is 53.9 Å². The van der Waals surface area contributed by atoms with Gasteiger partial charge >= 0.3 is 0 Å². The molecule has 2 N–H and O–H groups in total. The molecular weight excluding hydrogens is 238 g/mol. The summed E-state index contributed by atoms with van der Waals surface area (Å²) >= 11 is 0. The second-order valence-corrected chi connectivity index (χ2v) is 4.71. The lowest BCUT2D eigenvalue weighted by Gasteiger charge is -2.04. The Morgan fingerprint density at radius 3 is 2.89 bits per heavy atom. The summed E-state index contributed by atoms with van der Waals surface area (Å²) in [4.78, 5) is 7.58. The third-order valence-electron chi connectivity index (χ3n) is 3.35. The number of oxazole rings is 1. The fraction of sp³-hybridized carbons (Fsp3) is 0.267. The molecular formula is C15H17N3O. The van der Waals surface area contributed by atoms with E-state index in [1.165, 1.54) is 16.5 Å². The molecule has 0 saturated carbocycles. The van der Waals surface area contributed by atoms with Gasteiger partial charge in [0.2, 0.25) is 5.89 Å². The van der Waals surface area contributed by atoms with Crippen molar-refractivity contribution in [2.45, 2.75) is 26.9 Å². The Bertz CT molecular complexity index is 677. The van der Waals surface area contributed by atoms with Crippen molar-refractivity contribution in [3.05, 3.63) is 53.4 Å². The highest BCUT2D eigenvalue weighted by atomic mass is 16.4. The molecule has 4 nitrogen and oxygen atoms in total. The number of rotatable bonds is 4. The van der Waals surface area contributed by atoms with Crippen LogP contribution in [0.3, 0.4) is 0 Å². The molecule has 0 aliphatic rings. The number of aromatic amines is 1. The van der Waals surface area contributed by atoms with Gasteiger partial charge in [0.25, 0.3) is 0 Å². The van der Waals surface area contributed by atoms with Gasteiger partial charge in [-0.25, -0.2) is 4.98 Å². The van der Waals surface area contributed by atoms with Crippen LogP contribution in [0.4, 0.5) is 0 Å². The highest BCUT2D eigenvalue weighted by Crippen LogP contribution is 2.17. The standard InChI is InChI=1S/C15H17N3O/c1-10-11(2)19-15(18-10)9-16-8-12-4-3-5-14-13(12)6-7-17-14/h3-7,16-17H,8-9H2,1-2H3. The van der Waals surface area contributed by atoms with Gasteiger partial charge in [-0.15, -0.1) is 0 Å². The SMILES string of the molecule is Cc1nc(CNCc2cccc3[nH]ccc23)oc1C. The van der Waals surface area contributed by atoms with E-state index >= 15 is 0 Å². The van der Waals surface area contributed by atoms with Crippen molar-refractivity contribution in [3.63, 3.8) is 0 Å². The highest BCUT2D eigenvalue weighted by Gasteiger charge is 2.05. The van der Waals surface area contributed by atoms with Gasteiger partial charge < -0.3 is 14.7 Å². The summed E-state index contributed by atoms with van der Waals surface area (Å²) in [7, 11) is 0. The number of H-pyrrole nitrogens is 1. The second-order valence-electron chi connectivity index (χ2n) is 4.71. The van der Waals surface area contributed by atoms with E-state index in [0.717, 1.165) is 23.9 Å². The molecule has 3 aromatic rings. The highest BCUT2D eigenvalue weighted by molar-refractivity contribution is 5.82. The molecule has 0 saturated heterocycles. The van der Waals surface area contributed by atoms with E-state index in [0.29, 0.717) is 6.54 Å². The first-order chi connectivity index (χ1) is 9.24. The third kappa shape index (κ3) is 2.39. The van der Waals surface area contributed by atoms with Crippen LogP contribution in [0, 0.1) is 13.8 Å². The maximum Gasteiger partial charge on any atom is 0.208 e. The van der Waals surface area contributed by atoms with Crippen LogP contribution < -0.4 is 5.32 Å².